The maximum Gasteiger partial charge on any atom is 0.327 e. The Balaban J connectivity index is 1.27. The molecule has 180 valence electrons. The summed E-state index contributed by atoms with van der Waals surface area (Å²) >= 11 is 0. The van der Waals surface area contributed by atoms with Gasteiger partial charge in [0, 0.05) is 45.6 Å². The van der Waals surface area contributed by atoms with Crippen LogP contribution in [0.3, 0.4) is 0 Å². The van der Waals surface area contributed by atoms with Crippen LogP contribution in [-0.4, -0.2) is 98.7 Å². The van der Waals surface area contributed by atoms with E-state index in [4.69, 9.17) is 14.2 Å². The summed E-state index contributed by atoms with van der Waals surface area (Å²) in [6, 6.07) is 2.84. The van der Waals surface area contributed by atoms with Gasteiger partial charge in [0.25, 0.3) is 5.91 Å². The van der Waals surface area contributed by atoms with Crippen LogP contribution in [0.25, 0.3) is 0 Å². The molecule has 33 heavy (non-hydrogen) atoms. The van der Waals surface area contributed by atoms with Crippen LogP contribution in [0.5, 0.6) is 11.5 Å². The Morgan fingerprint density at radius 2 is 1.79 bits per heavy atom. The lowest BCUT2D eigenvalue weighted by molar-refractivity contribution is -0.129. The van der Waals surface area contributed by atoms with E-state index >= 15 is 0 Å². The Morgan fingerprint density at radius 3 is 2.48 bits per heavy atom. The molecule has 1 atom stereocenters. The lowest BCUT2D eigenvalue weighted by Gasteiger charge is -2.29. The number of nitrogens with zero attached hydrogens (tertiary/aromatic N) is 3. The molecule has 3 aliphatic rings. The number of morpholine rings is 1. The monoisotopic (exact) mass is 460 g/mol. The molecule has 1 N–H and O–H groups in total. The van der Waals surface area contributed by atoms with Gasteiger partial charge in [-0.15, -0.1) is 0 Å². The number of rotatable bonds is 9. The largest absolute Gasteiger partial charge is 0.493 e. The SMILES string of the molecule is COc1cc2c(cc1OC)CN1C(=O)N(CCC(=O)NCCCN3CCOCC3)C(=O)[C@@H]1C2. The Bertz CT molecular complexity index is 850. The highest BCUT2D eigenvalue weighted by Crippen LogP contribution is 2.37. The van der Waals surface area contributed by atoms with Gasteiger partial charge in [-0.25, -0.2) is 4.79 Å². The van der Waals surface area contributed by atoms with Crippen LogP contribution in [0.1, 0.15) is 24.0 Å². The molecule has 1 aromatic rings. The molecule has 2 fully saturated rings. The van der Waals surface area contributed by atoms with Crippen LogP contribution in [0.15, 0.2) is 12.1 Å². The molecule has 4 amide bonds. The van der Waals surface area contributed by atoms with Crippen molar-refractivity contribution in [3.05, 3.63) is 23.3 Å². The van der Waals surface area contributed by atoms with E-state index in [0.717, 1.165) is 50.4 Å². The summed E-state index contributed by atoms with van der Waals surface area (Å²) in [7, 11) is 3.13. The molecule has 0 spiro atoms. The number of urea groups is 1. The molecule has 0 aliphatic carbocycles. The lowest BCUT2D eigenvalue weighted by Crippen LogP contribution is -2.40. The molecular formula is C23H32N4O6. The Hall–Kier alpha value is -2.85. The first kappa shape index (κ1) is 23.3. The number of benzene rings is 1. The standard InChI is InChI=1S/C23H32N4O6/c1-31-19-13-16-12-18-22(29)26(23(30)27(18)15-17(16)14-20(19)32-2)7-4-21(28)24-5-3-6-25-8-10-33-11-9-25/h13-14,18H,3-12,15H2,1-2H3,(H,24,28)/t18-/m0/s1. The summed E-state index contributed by atoms with van der Waals surface area (Å²) in [5, 5.41) is 2.89. The van der Waals surface area contributed by atoms with E-state index in [1.807, 2.05) is 12.1 Å². The number of nitrogens with one attached hydrogen (secondary N) is 1. The molecular weight excluding hydrogens is 428 g/mol. The van der Waals surface area contributed by atoms with Gasteiger partial charge in [-0.1, -0.05) is 0 Å². The van der Waals surface area contributed by atoms with E-state index in [-0.39, 0.29) is 30.8 Å². The van der Waals surface area contributed by atoms with Gasteiger partial charge in [0.2, 0.25) is 5.91 Å². The number of hydrogen-bond acceptors (Lipinski definition) is 7. The molecule has 2 saturated heterocycles. The zero-order valence-electron chi connectivity index (χ0n) is 19.3. The van der Waals surface area contributed by atoms with Crippen molar-refractivity contribution in [3.63, 3.8) is 0 Å². The molecule has 0 aromatic heterocycles. The first-order valence-corrected chi connectivity index (χ1v) is 11.4. The number of fused-ring (bicyclic) bond motifs is 2. The van der Waals surface area contributed by atoms with Gasteiger partial charge in [-0.3, -0.25) is 19.4 Å². The average Bonchev–Trinajstić information content (AvgIpc) is 3.07. The van der Waals surface area contributed by atoms with Gasteiger partial charge >= 0.3 is 6.03 Å². The van der Waals surface area contributed by atoms with Crippen molar-refractivity contribution in [2.24, 2.45) is 0 Å². The van der Waals surface area contributed by atoms with Gasteiger partial charge in [0.1, 0.15) is 6.04 Å². The first-order chi connectivity index (χ1) is 16.0. The van der Waals surface area contributed by atoms with Crippen molar-refractivity contribution in [3.8, 4) is 11.5 Å². The van der Waals surface area contributed by atoms with Crippen LogP contribution in [-0.2, 0) is 27.3 Å². The Labute approximate surface area is 193 Å². The number of amides is 4. The van der Waals surface area contributed by atoms with E-state index in [1.54, 1.807) is 19.1 Å². The molecule has 0 bridgehead atoms. The summed E-state index contributed by atoms with van der Waals surface area (Å²) in [6.07, 6.45) is 1.38. The van der Waals surface area contributed by atoms with E-state index < -0.39 is 6.04 Å². The lowest BCUT2D eigenvalue weighted by atomic mass is 9.94. The highest BCUT2D eigenvalue weighted by molar-refractivity contribution is 6.04. The number of methoxy groups -OCH3 is 2. The van der Waals surface area contributed by atoms with Gasteiger partial charge < -0.3 is 24.4 Å². The van der Waals surface area contributed by atoms with Gasteiger partial charge in [-0.05, 0) is 36.2 Å². The van der Waals surface area contributed by atoms with Crippen LogP contribution in [0.2, 0.25) is 0 Å². The number of carbonyl (C=O) groups is 3. The highest BCUT2D eigenvalue weighted by Gasteiger charge is 2.47. The maximum absolute atomic E-state index is 12.9. The number of hydrogen-bond donors (Lipinski definition) is 1. The Kier molecular flexibility index (Phi) is 7.34. The summed E-state index contributed by atoms with van der Waals surface area (Å²) in [5.74, 6) is 0.791. The molecule has 1 aromatic carbocycles. The predicted molar refractivity (Wildman–Crippen MR) is 119 cm³/mol. The van der Waals surface area contributed by atoms with Crippen molar-refractivity contribution in [2.75, 3.05) is 60.2 Å². The smallest absolute Gasteiger partial charge is 0.327 e. The van der Waals surface area contributed by atoms with E-state index in [2.05, 4.69) is 10.2 Å². The van der Waals surface area contributed by atoms with Crippen molar-refractivity contribution in [1.29, 1.82) is 0 Å². The van der Waals surface area contributed by atoms with E-state index in [1.165, 1.54) is 4.90 Å². The summed E-state index contributed by atoms with van der Waals surface area (Å²) < 4.78 is 16.1. The van der Waals surface area contributed by atoms with Crippen molar-refractivity contribution < 1.29 is 28.6 Å². The quantitative estimate of drug-likeness (QED) is 0.426. The molecule has 0 radical (unpaired) electrons. The van der Waals surface area contributed by atoms with E-state index in [9.17, 15) is 14.4 Å². The van der Waals surface area contributed by atoms with Crippen LogP contribution in [0.4, 0.5) is 4.79 Å². The number of carbonyl (C=O) groups excluding carboxylic acids is 3. The number of ether oxygens (including phenoxy) is 3. The minimum absolute atomic E-state index is 0.0863. The first-order valence-electron chi connectivity index (χ1n) is 11.4. The zero-order valence-corrected chi connectivity index (χ0v) is 19.3. The fourth-order valence-electron chi connectivity index (χ4n) is 4.63. The second-order valence-electron chi connectivity index (χ2n) is 8.50. The van der Waals surface area contributed by atoms with Crippen LogP contribution in [0, 0.1) is 0 Å². The molecule has 4 rings (SSSR count). The molecule has 0 saturated carbocycles. The minimum Gasteiger partial charge on any atom is -0.493 e. The van der Waals surface area contributed by atoms with Gasteiger partial charge in [-0.2, -0.15) is 0 Å². The molecule has 3 aliphatic heterocycles. The predicted octanol–water partition coefficient (Wildman–Crippen LogP) is 0.621. The highest BCUT2D eigenvalue weighted by atomic mass is 16.5. The molecule has 0 unspecified atom stereocenters. The van der Waals surface area contributed by atoms with Gasteiger partial charge in [0.15, 0.2) is 11.5 Å². The Morgan fingerprint density at radius 1 is 1.09 bits per heavy atom. The van der Waals surface area contributed by atoms with Crippen LogP contribution >= 0.6 is 0 Å². The van der Waals surface area contributed by atoms with Crippen molar-refractivity contribution >= 4 is 17.8 Å². The van der Waals surface area contributed by atoms with Gasteiger partial charge in [0.05, 0.1) is 27.4 Å². The second kappa shape index (κ2) is 10.4. The van der Waals surface area contributed by atoms with Crippen molar-refractivity contribution in [1.82, 2.24) is 20.0 Å². The average molecular weight is 461 g/mol. The summed E-state index contributed by atoms with van der Waals surface area (Å²) in [6.45, 7) is 5.27. The minimum atomic E-state index is -0.542. The topological polar surface area (TPSA) is 101 Å². The maximum atomic E-state index is 12.9. The fraction of sp³-hybridized carbons (Fsp3) is 0.609. The number of imide groups is 1. The van der Waals surface area contributed by atoms with Crippen LogP contribution < -0.4 is 14.8 Å². The zero-order chi connectivity index (χ0) is 23.4. The fourth-order valence-corrected chi connectivity index (χ4v) is 4.63. The normalized spacial score (nSPS) is 20.5. The summed E-state index contributed by atoms with van der Waals surface area (Å²) in [5.41, 5.74) is 1.90. The molecule has 10 nitrogen and oxygen atoms in total. The van der Waals surface area contributed by atoms with E-state index in [0.29, 0.717) is 31.0 Å². The summed E-state index contributed by atoms with van der Waals surface area (Å²) in [4.78, 5) is 43.2. The third-order valence-corrected chi connectivity index (χ3v) is 6.50. The van der Waals surface area contributed by atoms with Crippen molar-refractivity contribution in [2.45, 2.75) is 31.8 Å². The molecule has 10 heteroatoms. The third kappa shape index (κ3) is 5.06. The third-order valence-electron chi connectivity index (χ3n) is 6.50. The second-order valence-corrected chi connectivity index (χ2v) is 8.50. The molecule has 3 heterocycles.